The number of aliphatic hydroxyl groups excluding tert-OH is 2. The molecule has 3 fully saturated rings. The zero-order valence-electron chi connectivity index (χ0n) is 79.8. The molecule has 1 saturated carbocycles. The Morgan fingerprint density at radius 3 is 2.02 bits per heavy atom. The molecule has 0 spiro atoms. The Bertz CT molecular complexity index is 4440. The van der Waals surface area contributed by atoms with Crippen molar-refractivity contribution in [2.45, 2.75) is 252 Å². The first kappa shape index (κ1) is 108. The van der Waals surface area contributed by atoms with Gasteiger partial charge in [-0.3, -0.25) is 24.0 Å². The van der Waals surface area contributed by atoms with E-state index in [1.165, 1.54) is 29.5 Å². The topological polar surface area (TPSA) is 420 Å². The van der Waals surface area contributed by atoms with Crippen molar-refractivity contribution in [3.05, 3.63) is 107 Å². The molecule has 0 radical (unpaired) electrons. The molecule has 5 aromatic rings. The first-order valence-corrected chi connectivity index (χ1v) is 46.9. The summed E-state index contributed by atoms with van der Waals surface area (Å²) in [4.78, 5) is 98.1. The van der Waals surface area contributed by atoms with Crippen molar-refractivity contribution in [1.82, 2.24) is 34.5 Å². The lowest BCUT2D eigenvalue weighted by Gasteiger charge is -2.43. The maximum Gasteiger partial charge on any atom is 0.329 e. The number of nitrogen functional groups attached to an aromatic ring is 2. The number of Topliss-reactive ketones (excluding diaryl/α,β-unsaturated/α-hetero) is 2. The number of hydrogen-bond acceptors (Lipinski definition) is 30. The highest BCUT2D eigenvalue weighted by Crippen LogP contribution is 2.40. The van der Waals surface area contributed by atoms with Crippen molar-refractivity contribution in [3.8, 4) is 11.3 Å². The van der Waals surface area contributed by atoms with Crippen LogP contribution in [-0.4, -0.2) is 287 Å². The number of esters is 2. The zero-order valence-corrected chi connectivity index (χ0v) is 79.8. The number of piperidine rings is 1. The van der Waals surface area contributed by atoms with Gasteiger partial charge in [0.25, 0.3) is 17.7 Å². The molecule has 131 heavy (non-hydrogen) atoms. The summed E-state index contributed by atoms with van der Waals surface area (Å²) in [6.07, 6.45) is 16.2. The van der Waals surface area contributed by atoms with Crippen LogP contribution in [0, 0.1) is 35.5 Å². The fraction of sp³-hybridized carbons (Fsp3) is 0.673. The molecule has 3 aromatic heterocycles. The minimum atomic E-state index is -2.44. The lowest BCUT2D eigenvalue weighted by Crippen LogP contribution is -2.61. The van der Waals surface area contributed by atoms with E-state index in [-0.39, 0.29) is 73.3 Å². The molecule has 0 unspecified atom stereocenters. The van der Waals surface area contributed by atoms with Crippen molar-refractivity contribution in [3.63, 3.8) is 0 Å². The molecule has 16 atom stereocenters. The second kappa shape index (κ2) is 56.7. The normalized spacial score (nSPS) is 26.8. The number of amides is 2. The number of benzene rings is 2. The highest BCUT2D eigenvalue weighted by molar-refractivity contribution is 6.39. The fourth-order valence-electron chi connectivity index (χ4n) is 17.3. The number of nitrogens with zero attached hydrogens (tertiary/aromatic N) is 7. The quantitative estimate of drug-likeness (QED) is 0.0108. The van der Waals surface area contributed by atoms with Crippen LogP contribution in [0.3, 0.4) is 0 Å². The molecule has 33 nitrogen and oxygen atoms in total. The van der Waals surface area contributed by atoms with Crippen LogP contribution in [-0.2, 0) is 115 Å². The monoisotopic (exact) mass is 1840 g/mol. The highest BCUT2D eigenvalue weighted by atomic mass is 16.6. The Morgan fingerprint density at radius 1 is 0.687 bits per heavy atom. The Labute approximate surface area is 773 Å². The van der Waals surface area contributed by atoms with E-state index in [9.17, 15) is 44.1 Å². The van der Waals surface area contributed by atoms with Crippen molar-refractivity contribution in [2.24, 2.45) is 35.5 Å². The van der Waals surface area contributed by atoms with Crippen LogP contribution in [0.4, 0.5) is 11.8 Å². The largest absolute Gasteiger partial charge is 0.460 e. The van der Waals surface area contributed by atoms with E-state index in [1.54, 1.807) is 55.3 Å². The van der Waals surface area contributed by atoms with Crippen molar-refractivity contribution >= 4 is 69.3 Å². The van der Waals surface area contributed by atoms with Gasteiger partial charge in [-0.25, -0.2) is 19.4 Å². The van der Waals surface area contributed by atoms with E-state index in [1.807, 2.05) is 85.9 Å². The number of carbonyl (C=O) groups is 6. The number of nitrogens with two attached hydrogens (primary N) is 2. The van der Waals surface area contributed by atoms with Crippen LogP contribution < -0.4 is 11.5 Å². The molecule has 2 saturated heterocycles. The maximum atomic E-state index is 14.6. The smallest absolute Gasteiger partial charge is 0.329 e. The number of oxazole rings is 1. The number of aliphatic hydroxyl groups is 3. The standard InChI is InChI=1S/C56H89NO15.C26H26N8O3.C16H34O6/c1-34-18-13-12-14-19-35(2)46(67-9)32-42-24-22-40(7)56(65,72-42)53(62)54(63)57-26-16-15-20-43(57)55(64)71-47(33-44(58)36(3)29-39(6)51(61)52(69-11)50(60)38(5)28-34)37(4)30-41-23-25-45(48(31-41)68-10)70-49(59)21-17-27-66-8;1-36-9-7-21(35)33-8-6-16-10-15(2-3-18(16)13-33)12-34-25-22(24(27)29-14-30-25)23(32-34)17-4-5-20-19(11-17)31-26(28)37-20;1-3-5-17-7-9-19-11-13-21-15-16-22-14-12-20-10-8-18-6-4-2/h12-14,18-19,29,34,36-38,40-48,51-52,58,61,65H,15-17,20-28,30-33H2,1-11H3;2-5,10-11,14H,6-9,12-13H2,1H3,(H2,28,31)(H2,27,29,30);3-16H2,1-2H3/b14-12+,18-13+,35-19+,39-29+;;/t34-,36-,37-,38-,40-,41+,42+,43+,44-,45-,46+,47+,48-,51-,52+,56-;;/m1../s1. The van der Waals surface area contributed by atoms with Crippen LogP contribution in [0.25, 0.3) is 33.4 Å². The molecule has 1 aliphatic carbocycles. The molecular formula is C98H149N9O24. The second-order valence-corrected chi connectivity index (χ2v) is 35.1. The highest BCUT2D eigenvalue weighted by Gasteiger charge is 2.53. The van der Waals surface area contributed by atoms with Crippen molar-refractivity contribution in [2.75, 3.05) is 153 Å². The number of methoxy groups -OCH3 is 5. The number of allylic oxidation sites excluding steroid dienone is 5. The summed E-state index contributed by atoms with van der Waals surface area (Å²) in [5.74, 6) is -7.35. The fourth-order valence-corrected chi connectivity index (χ4v) is 17.3. The number of cyclic esters (lactones) is 1. The SMILES string of the molecule is CCCOCCOCCOCCOCCOCCOCCC.COCCC(=O)N1CCc2cc(Cn3nc(-c4ccc5oc(N)nc5c4)c4c(N)ncnc43)ccc2C1.COCCCC(=O)O[C@@H]1CC[C@@H](C[C@@H](C)[C@@H]2C[C@@H](O)[C@H](C)/C=C(\C)[C@@H](O)[C@@H](OC)C(=O)[C@H](C)C[C@H](C)/C=C/C=C/C=C(\C)[C@@H](OC)C[C@@H]3CC[C@@H](C)[C@@](O)(O3)C(=O)C(=O)N3CCCC[C@H]3C(=O)O2)C[C@H]1OC. The number of rotatable bonds is 36. The molecule has 4 aliphatic heterocycles. The van der Waals surface area contributed by atoms with E-state index in [0.717, 1.165) is 49.2 Å². The number of ether oxygens (including phenoxy) is 14. The summed E-state index contributed by atoms with van der Waals surface area (Å²) in [7, 11) is 7.76. The van der Waals surface area contributed by atoms with Gasteiger partial charge in [0.15, 0.2) is 17.0 Å². The Morgan fingerprint density at radius 2 is 1.37 bits per heavy atom. The summed E-state index contributed by atoms with van der Waals surface area (Å²) < 4.78 is 85.2. The van der Waals surface area contributed by atoms with Crippen LogP contribution in [0.2, 0.25) is 0 Å². The van der Waals surface area contributed by atoms with Gasteiger partial charge in [0.05, 0.1) is 115 Å². The van der Waals surface area contributed by atoms with Gasteiger partial charge in [-0.15, -0.1) is 0 Å². The third-order valence-corrected chi connectivity index (χ3v) is 24.9. The maximum absolute atomic E-state index is 14.6. The van der Waals surface area contributed by atoms with Gasteiger partial charge in [-0.1, -0.05) is 103 Å². The number of aromatic nitrogens is 5. The van der Waals surface area contributed by atoms with Gasteiger partial charge >= 0.3 is 11.9 Å². The molecule has 2 aromatic carbocycles. The van der Waals surface area contributed by atoms with Gasteiger partial charge in [0.1, 0.15) is 53.8 Å². The van der Waals surface area contributed by atoms with Crippen LogP contribution in [0.15, 0.2) is 94.7 Å². The van der Waals surface area contributed by atoms with E-state index in [4.69, 9.17) is 87.3 Å². The van der Waals surface area contributed by atoms with Gasteiger partial charge in [0.2, 0.25) is 11.7 Å². The lowest BCUT2D eigenvalue weighted by atomic mass is 9.78. The minimum absolute atomic E-state index is 0.0103. The third-order valence-electron chi connectivity index (χ3n) is 24.9. The molecule has 5 aliphatic rings. The summed E-state index contributed by atoms with van der Waals surface area (Å²) in [5.41, 5.74) is 20.2. The molecule has 33 heteroatoms. The Kier molecular flexibility index (Phi) is 46.8. The number of carbonyl (C=O) groups excluding carboxylic acids is 6. The third kappa shape index (κ3) is 33.3. The van der Waals surface area contributed by atoms with Crippen LogP contribution in [0.1, 0.15) is 188 Å². The van der Waals surface area contributed by atoms with Crippen molar-refractivity contribution in [1.29, 1.82) is 0 Å². The molecule has 7 N–H and O–H groups in total. The molecule has 730 valence electrons. The van der Waals surface area contributed by atoms with Crippen LogP contribution >= 0.6 is 0 Å². The first-order valence-electron chi connectivity index (χ1n) is 46.9. The Hall–Kier alpha value is -8.36. The summed E-state index contributed by atoms with van der Waals surface area (Å²) >= 11 is 0. The van der Waals surface area contributed by atoms with Crippen LogP contribution in [0.5, 0.6) is 0 Å². The number of ketones is 2. The molecule has 10 rings (SSSR count). The number of anilines is 2. The first-order chi connectivity index (χ1) is 63.1. The average Bonchev–Trinajstić information content (AvgIpc) is 1.51. The molecule has 2 bridgehead atoms. The number of hydrogen-bond donors (Lipinski definition) is 5. The lowest BCUT2D eigenvalue weighted by molar-refractivity contribution is -0.265. The summed E-state index contributed by atoms with van der Waals surface area (Å²) in [6.45, 7) is 27.5. The second-order valence-electron chi connectivity index (χ2n) is 35.1. The molecular weight excluding hydrogens is 1690 g/mol. The van der Waals surface area contributed by atoms with Gasteiger partial charge in [-0.05, 0) is 168 Å². The average molecular weight is 1840 g/mol. The Balaban J connectivity index is 0.000000293. The van der Waals surface area contributed by atoms with E-state index in [2.05, 4.69) is 47.0 Å². The summed E-state index contributed by atoms with van der Waals surface area (Å²) in [6, 6.07) is 10.9. The molecule has 2 amide bonds. The predicted molar refractivity (Wildman–Crippen MR) is 495 cm³/mol. The summed E-state index contributed by atoms with van der Waals surface area (Å²) in [5, 5.41) is 41.0. The zero-order chi connectivity index (χ0) is 94.9. The van der Waals surface area contributed by atoms with Crippen molar-refractivity contribution < 1.29 is 115 Å². The van der Waals surface area contributed by atoms with E-state index >= 15 is 0 Å². The van der Waals surface area contributed by atoms with Gasteiger partial charge < -0.3 is 107 Å². The molecule has 7 heterocycles. The number of fused-ring (bicyclic) bond motifs is 6. The van der Waals surface area contributed by atoms with E-state index in [0.29, 0.717) is 215 Å². The van der Waals surface area contributed by atoms with Gasteiger partial charge in [0, 0.05) is 118 Å². The predicted octanol–water partition coefficient (Wildman–Crippen LogP) is 11.6. The van der Waals surface area contributed by atoms with E-state index < -0.39 is 90.0 Å². The minimum Gasteiger partial charge on any atom is -0.460 e. The van der Waals surface area contributed by atoms with Gasteiger partial charge in [-0.2, -0.15) is 10.1 Å².